The fourth-order valence-electron chi connectivity index (χ4n) is 2.52. The van der Waals surface area contributed by atoms with Crippen LogP contribution in [0.15, 0.2) is 77.7 Å². The second kappa shape index (κ2) is 9.36. The molecule has 8 heteroatoms. The molecule has 0 bridgehead atoms. The van der Waals surface area contributed by atoms with Crippen LogP contribution in [0.2, 0.25) is 5.02 Å². The summed E-state index contributed by atoms with van der Waals surface area (Å²) in [7, 11) is 0. The summed E-state index contributed by atoms with van der Waals surface area (Å²) in [6.07, 6.45) is 0. The van der Waals surface area contributed by atoms with E-state index in [-0.39, 0.29) is 27.9 Å². The van der Waals surface area contributed by atoms with E-state index in [2.05, 4.69) is 5.32 Å². The molecule has 0 aliphatic rings. The van der Waals surface area contributed by atoms with Crippen molar-refractivity contribution < 1.29 is 14.5 Å². The molecular formula is C21H15ClN2O4S. The van der Waals surface area contributed by atoms with E-state index in [9.17, 15) is 19.7 Å². The first-order valence-electron chi connectivity index (χ1n) is 8.50. The molecule has 0 aliphatic heterocycles. The number of hydrogen-bond acceptors (Lipinski definition) is 5. The topological polar surface area (TPSA) is 89.3 Å². The number of nitrogens with one attached hydrogen (secondary N) is 1. The van der Waals surface area contributed by atoms with Gasteiger partial charge in [-0.3, -0.25) is 19.7 Å². The van der Waals surface area contributed by atoms with Gasteiger partial charge in [0.2, 0.25) is 0 Å². The van der Waals surface area contributed by atoms with E-state index in [4.69, 9.17) is 11.6 Å². The first-order chi connectivity index (χ1) is 13.9. The molecule has 1 N–H and O–H groups in total. The minimum atomic E-state index is -0.612. The molecule has 3 rings (SSSR count). The highest BCUT2D eigenvalue weighted by molar-refractivity contribution is 8.00. The third-order valence-corrected chi connectivity index (χ3v) is 5.28. The van der Waals surface area contributed by atoms with E-state index in [1.807, 2.05) is 24.3 Å². The lowest BCUT2D eigenvalue weighted by Crippen LogP contribution is -2.12. The van der Waals surface area contributed by atoms with Crippen LogP contribution in [0.3, 0.4) is 0 Å². The quantitative estimate of drug-likeness (QED) is 0.234. The number of halogens is 1. The molecule has 0 unspecified atom stereocenters. The third kappa shape index (κ3) is 5.43. The average molecular weight is 427 g/mol. The van der Waals surface area contributed by atoms with Crippen LogP contribution in [0.25, 0.3) is 0 Å². The third-order valence-electron chi connectivity index (χ3n) is 3.96. The lowest BCUT2D eigenvalue weighted by atomic mass is 10.2. The van der Waals surface area contributed by atoms with Gasteiger partial charge in [-0.25, -0.2) is 0 Å². The lowest BCUT2D eigenvalue weighted by molar-refractivity contribution is -0.384. The Morgan fingerprint density at radius 2 is 1.69 bits per heavy atom. The van der Waals surface area contributed by atoms with Crippen LogP contribution in [-0.2, 0) is 0 Å². The van der Waals surface area contributed by atoms with Gasteiger partial charge in [0.1, 0.15) is 5.02 Å². The zero-order chi connectivity index (χ0) is 20.8. The second-order valence-electron chi connectivity index (χ2n) is 5.98. The van der Waals surface area contributed by atoms with Gasteiger partial charge < -0.3 is 5.32 Å². The minimum absolute atomic E-state index is 0.000992. The van der Waals surface area contributed by atoms with Crippen molar-refractivity contribution in [1.29, 1.82) is 0 Å². The molecule has 0 atom stereocenters. The van der Waals surface area contributed by atoms with E-state index < -0.39 is 10.8 Å². The molecule has 29 heavy (non-hydrogen) atoms. The Labute approximate surface area is 176 Å². The van der Waals surface area contributed by atoms with Crippen LogP contribution in [-0.4, -0.2) is 22.4 Å². The van der Waals surface area contributed by atoms with Crippen molar-refractivity contribution in [3.8, 4) is 0 Å². The minimum Gasteiger partial charge on any atom is -0.322 e. The van der Waals surface area contributed by atoms with Crippen LogP contribution >= 0.6 is 23.4 Å². The molecule has 3 aromatic carbocycles. The van der Waals surface area contributed by atoms with Gasteiger partial charge in [0.05, 0.1) is 10.7 Å². The fraction of sp³-hybridized carbons (Fsp3) is 0.0476. The number of ketones is 1. The van der Waals surface area contributed by atoms with Crippen molar-refractivity contribution in [2.75, 3.05) is 11.1 Å². The number of nitro benzene ring substituents is 1. The van der Waals surface area contributed by atoms with E-state index in [0.717, 1.165) is 4.90 Å². The van der Waals surface area contributed by atoms with Crippen LogP contribution in [0.5, 0.6) is 0 Å². The summed E-state index contributed by atoms with van der Waals surface area (Å²) in [4.78, 5) is 35.9. The zero-order valence-electron chi connectivity index (χ0n) is 15.0. The highest BCUT2D eigenvalue weighted by atomic mass is 35.5. The maximum Gasteiger partial charge on any atom is 0.289 e. The molecule has 0 radical (unpaired) electrons. The van der Waals surface area contributed by atoms with E-state index in [1.165, 1.54) is 30.0 Å². The van der Waals surface area contributed by atoms with E-state index in [1.54, 1.807) is 30.3 Å². The number of hydrogen-bond donors (Lipinski definition) is 1. The highest BCUT2D eigenvalue weighted by Crippen LogP contribution is 2.28. The summed E-state index contributed by atoms with van der Waals surface area (Å²) in [5, 5.41) is 13.6. The molecule has 0 fully saturated rings. The largest absolute Gasteiger partial charge is 0.322 e. The van der Waals surface area contributed by atoms with Crippen molar-refractivity contribution in [2.45, 2.75) is 4.90 Å². The summed E-state index contributed by atoms with van der Waals surface area (Å²) < 4.78 is 0. The Hall–Kier alpha value is -3.16. The Kier molecular flexibility index (Phi) is 6.64. The maximum absolute atomic E-state index is 12.5. The first kappa shape index (κ1) is 20.6. The number of nitrogens with zero attached hydrogens (tertiary/aromatic N) is 1. The number of carbonyl (C=O) groups excluding carboxylic acids is 2. The Balaban J connectivity index is 1.67. The lowest BCUT2D eigenvalue weighted by Gasteiger charge is -2.07. The molecule has 3 aromatic rings. The predicted molar refractivity (Wildman–Crippen MR) is 114 cm³/mol. The van der Waals surface area contributed by atoms with Crippen LogP contribution in [0.4, 0.5) is 11.4 Å². The van der Waals surface area contributed by atoms with Gasteiger partial charge >= 0.3 is 0 Å². The number of carbonyl (C=O) groups is 2. The van der Waals surface area contributed by atoms with Gasteiger partial charge in [-0.1, -0.05) is 48.0 Å². The molecule has 146 valence electrons. The number of rotatable bonds is 7. The van der Waals surface area contributed by atoms with E-state index >= 15 is 0 Å². The molecule has 0 spiro atoms. The van der Waals surface area contributed by atoms with E-state index in [0.29, 0.717) is 11.1 Å². The average Bonchev–Trinajstić information content (AvgIpc) is 2.74. The molecule has 6 nitrogen and oxygen atoms in total. The summed E-state index contributed by atoms with van der Waals surface area (Å²) in [6.45, 7) is 0. The smallest absolute Gasteiger partial charge is 0.289 e. The molecule has 0 saturated heterocycles. The summed E-state index contributed by atoms with van der Waals surface area (Å²) >= 11 is 7.12. The standard InChI is InChI=1S/C21H15ClN2O4S/c22-18-10-9-16(12-19(18)24(27)28)23-21(26)15-7-4-8-17(11-15)29-13-20(25)14-5-2-1-3-6-14/h1-12H,13H2,(H,23,26). The van der Waals surface area contributed by atoms with Crippen molar-refractivity contribution in [3.05, 3.63) is 99.1 Å². The Morgan fingerprint density at radius 3 is 2.41 bits per heavy atom. The first-order valence-corrected chi connectivity index (χ1v) is 9.87. The van der Waals surface area contributed by atoms with Crippen LogP contribution in [0.1, 0.15) is 20.7 Å². The summed E-state index contributed by atoms with van der Waals surface area (Å²) in [6, 6.07) is 19.9. The molecule has 1 amide bonds. The monoisotopic (exact) mass is 426 g/mol. The number of amides is 1. The van der Waals surface area contributed by atoms with Crippen molar-refractivity contribution >= 4 is 46.4 Å². The summed E-state index contributed by atoms with van der Waals surface area (Å²) in [5.41, 5.74) is 0.995. The molecule has 0 heterocycles. The van der Waals surface area contributed by atoms with Crippen molar-refractivity contribution in [3.63, 3.8) is 0 Å². The maximum atomic E-state index is 12.5. The molecule has 0 saturated carbocycles. The number of thioether (sulfide) groups is 1. The Bertz CT molecular complexity index is 1070. The number of anilines is 1. The van der Waals surface area contributed by atoms with Gasteiger partial charge in [-0.2, -0.15) is 0 Å². The SMILES string of the molecule is O=C(CSc1cccc(C(=O)Nc2ccc(Cl)c([N+](=O)[O-])c2)c1)c1ccccc1. The molecular weight excluding hydrogens is 412 g/mol. The van der Waals surface area contributed by atoms with Gasteiger partial charge in [0.15, 0.2) is 5.78 Å². The van der Waals surface area contributed by atoms with Gasteiger partial charge in [-0.15, -0.1) is 11.8 Å². The predicted octanol–water partition coefficient (Wildman–Crippen LogP) is 5.48. The Morgan fingerprint density at radius 1 is 0.966 bits per heavy atom. The van der Waals surface area contributed by atoms with Gasteiger partial charge in [0, 0.05) is 27.8 Å². The normalized spacial score (nSPS) is 10.4. The van der Waals surface area contributed by atoms with Gasteiger partial charge in [-0.05, 0) is 30.3 Å². The summed E-state index contributed by atoms with van der Waals surface area (Å²) in [5.74, 6) is -0.171. The number of benzene rings is 3. The van der Waals surface area contributed by atoms with Crippen LogP contribution in [0, 0.1) is 10.1 Å². The van der Waals surface area contributed by atoms with Crippen LogP contribution < -0.4 is 5.32 Å². The van der Waals surface area contributed by atoms with Crippen molar-refractivity contribution in [1.82, 2.24) is 0 Å². The highest BCUT2D eigenvalue weighted by Gasteiger charge is 2.15. The number of nitro groups is 1. The number of Topliss-reactive ketones (excluding diaryl/α,β-unsaturated/α-hetero) is 1. The molecule has 0 aromatic heterocycles. The van der Waals surface area contributed by atoms with Gasteiger partial charge in [0.25, 0.3) is 11.6 Å². The molecule has 0 aliphatic carbocycles. The van der Waals surface area contributed by atoms with Crippen molar-refractivity contribution in [2.24, 2.45) is 0 Å². The zero-order valence-corrected chi connectivity index (χ0v) is 16.6. The second-order valence-corrected chi connectivity index (χ2v) is 7.44. The fourth-order valence-corrected chi connectivity index (χ4v) is 3.55.